The summed E-state index contributed by atoms with van der Waals surface area (Å²) in [5.41, 5.74) is 5.11. The molecule has 0 aliphatic heterocycles. The van der Waals surface area contributed by atoms with Crippen LogP contribution in [0, 0.1) is 108 Å². The molecule has 0 aromatic heterocycles. The van der Waals surface area contributed by atoms with Gasteiger partial charge in [0.05, 0.1) is 10.8 Å². The van der Waals surface area contributed by atoms with Gasteiger partial charge in [0.2, 0.25) is 0 Å². The summed E-state index contributed by atoms with van der Waals surface area (Å²) in [5.74, 6) is 17.4. The van der Waals surface area contributed by atoms with E-state index in [4.69, 9.17) is 6.42 Å². The van der Waals surface area contributed by atoms with E-state index < -0.39 is 0 Å². The zero-order valence-electron chi connectivity index (χ0n) is 34.6. The summed E-state index contributed by atoms with van der Waals surface area (Å²) in [6.07, 6.45) is 19.9. The molecule has 6 unspecified atom stereocenters. The Balaban J connectivity index is 0.000000425. The molecular weight excluding hydrogens is 565 g/mol. The summed E-state index contributed by atoms with van der Waals surface area (Å²) in [6, 6.07) is 0. The van der Waals surface area contributed by atoms with E-state index in [-0.39, 0.29) is 54.1 Å². The number of terminal acetylenes is 2. The predicted molar refractivity (Wildman–Crippen MR) is 208 cm³/mol. The number of hydrogen-bond donors (Lipinski definition) is 0. The molecule has 47 heavy (non-hydrogen) atoms. The molecule has 0 heteroatoms. The number of hydrogen-bond acceptors (Lipinski definition) is 0. The maximum absolute atomic E-state index is 5.86. The molecule has 0 aromatic carbocycles. The summed E-state index contributed by atoms with van der Waals surface area (Å²) in [7, 11) is 0. The number of fused-ring (bicyclic) bond motifs is 9. The minimum atomic E-state index is -0.378. The van der Waals surface area contributed by atoms with Gasteiger partial charge in [-0.15, -0.1) is 25.2 Å². The van der Waals surface area contributed by atoms with Crippen LogP contribution < -0.4 is 0 Å². The molecule has 0 nitrogen and oxygen atoms in total. The molecule has 5 aliphatic rings. The van der Waals surface area contributed by atoms with E-state index in [1.165, 1.54) is 23.1 Å². The Morgan fingerprint density at radius 2 is 1.11 bits per heavy atom. The molecule has 0 heterocycles. The largest absolute Gasteiger partial charge is 0.124 e. The lowest BCUT2D eigenvalue weighted by molar-refractivity contribution is -0.203. The van der Waals surface area contributed by atoms with Crippen molar-refractivity contribution in [2.45, 2.75) is 152 Å². The van der Waals surface area contributed by atoms with Crippen molar-refractivity contribution in [1.29, 1.82) is 0 Å². The SMILES string of the molecule is C#C.C#CC#CC12C3(C)C=C(C)C(C)(C3(C)C)C1(C#CC)C1(C)C(C)(C)C(C)(C)C2(C)C1(C)C.CC(C)=C(C)C(C)(C)C.CC1=CC1. The van der Waals surface area contributed by atoms with Crippen LogP contribution in [0.3, 0.4) is 0 Å². The number of allylic oxidation sites excluding steroid dienone is 6. The third kappa shape index (κ3) is 3.90. The summed E-state index contributed by atoms with van der Waals surface area (Å²) in [6.45, 7) is 50.0. The molecular formula is C47H70. The second-order valence-corrected chi connectivity index (χ2v) is 19.3. The van der Waals surface area contributed by atoms with Crippen LogP contribution in [0.2, 0.25) is 0 Å². The van der Waals surface area contributed by atoms with Gasteiger partial charge in [0.25, 0.3) is 0 Å². The zero-order chi connectivity index (χ0) is 37.5. The van der Waals surface area contributed by atoms with Gasteiger partial charge < -0.3 is 0 Å². The Bertz CT molecular complexity index is 1580. The quantitative estimate of drug-likeness (QED) is 0.141. The lowest BCUT2D eigenvalue weighted by Gasteiger charge is -2.70. The second-order valence-electron chi connectivity index (χ2n) is 19.3. The fourth-order valence-corrected chi connectivity index (χ4v) is 12.7. The molecule has 0 saturated heterocycles. The topological polar surface area (TPSA) is 0 Å². The molecule has 3 saturated carbocycles. The van der Waals surface area contributed by atoms with Crippen LogP contribution in [-0.2, 0) is 0 Å². The highest BCUT2D eigenvalue weighted by Crippen LogP contribution is 3.05. The lowest BCUT2D eigenvalue weighted by Crippen LogP contribution is -2.69. The van der Waals surface area contributed by atoms with Crippen LogP contribution in [-0.4, -0.2) is 0 Å². The van der Waals surface area contributed by atoms with Crippen LogP contribution in [0.25, 0.3) is 0 Å². The minimum absolute atomic E-state index is 0.0160. The lowest BCUT2D eigenvalue weighted by atomic mass is 9.30. The van der Waals surface area contributed by atoms with Gasteiger partial charge in [0, 0.05) is 10.8 Å². The first-order chi connectivity index (χ1) is 21.0. The Morgan fingerprint density at radius 3 is 1.40 bits per heavy atom. The average molecular weight is 635 g/mol. The summed E-state index contributed by atoms with van der Waals surface area (Å²) in [5, 5.41) is 0. The van der Waals surface area contributed by atoms with Gasteiger partial charge in [-0.3, -0.25) is 0 Å². The van der Waals surface area contributed by atoms with Gasteiger partial charge in [-0.25, -0.2) is 0 Å². The van der Waals surface area contributed by atoms with Crippen molar-refractivity contribution in [2.75, 3.05) is 0 Å². The van der Waals surface area contributed by atoms with Gasteiger partial charge in [-0.2, -0.15) is 0 Å². The second kappa shape index (κ2) is 11.2. The van der Waals surface area contributed by atoms with Crippen molar-refractivity contribution in [3.8, 4) is 48.9 Å². The van der Waals surface area contributed by atoms with Crippen LogP contribution in [0.4, 0.5) is 0 Å². The normalized spacial score (nSPS) is 39.0. The van der Waals surface area contributed by atoms with Crippen molar-refractivity contribution in [1.82, 2.24) is 0 Å². The summed E-state index contributed by atoms with van der Waals surface area (Å²) >= 11 is 0. The molecule has 0 radical (unpaired) electrons. The van der Waals surface area contributed by atoms with Crippen molar-refractivity contribution in [3.05, 3.63) is 34.4 Å². The van der Waals surface area contributed by atoms with Gasteiger partial charge >= 0.3 is 0 Å². The minimum Gasteiger partial charge on any atom is -0.124 e. The maximum atomic E-state index is 5.86. The molecule has 0 aromatic rings. The highest BCUT2D eigenvalue weighted by molar-refractivity contribution is 5.64. The van der Waals surface area contributed by atoms with Crippen LogP contribution in [0.1, 0.15) is 152 Å². The van der Waals surface area contributed by atoms with Crippen molar-refractivity contribution in [2.24, 2.45) is 59.6 Å². The fourth-order valence-electron chi connectivity index (χ4n) is 12.7. The van der Waals surface area contributed by atoms with E-state index in [1.807, 2.05) is 6.92 Å². The summed E-state index contributed by atoms with van der Waals surface area (Å²) in [4.78, 5) is 0. The van der Waals surface area contributed by atoms with Crippen molar-refractivity contribution < 1.29 is 0 Å². The molecule has 0 spiro atoms. The van der Waals surface area contributed by atoms with Gasteiger partial charge in [-0.1, -0.05) is 150 Å². The highest BCUT2D eigenvalue weighted by atomic mass is 15.0. The predicted octanol–water partition coefficient (Wildman–Crippen LogP) is 12.7. The Kier molecular flexibility index (Phi) is 9.72. The molecule has 5 rings (SSSR count). The van der Waals surface area contributed by atoms with E-state index in [9.17, 15) is 0 Å². The Hall–Kier alpha value is -2.54. The fraction of sp³-hybridized carbons (Fsp3) is 0.702. The first kappa shape index (κ1) is 40.6. The third-order valence-electron chi connectivity index (χ3n) is 17.1. The standard InChI is InChI=1S/C32H44.C9H18.C4H6.C2H2/c1-16-18-20-31-27(12)21-22(3)28(13,25(27,8)9)32(31,19-17-2)30(15)24(6,7)23(4,5)29(31,14)26(30,10)11;1-7(2)8(3)9(4,5)6;1-4-2-3-4;1-2/h1,21H,2-15H3;1-6H3;2H,3H2,1H3;1-2H. The average Bonchev–Trinajstić information content (AvgIpc) is 3.69. The molecule has 0 amide bonds. The van der Waals surface area contributed by atoms with Gasteiger partial charge in [-0.05, 0) is 97.7 Å². The van der Waals surface area contributed by atoms with Gasteiger partial charge in [0.15, 0.2) is 0 Å². The van der Waals surface area contributed by atoms with Crippen LogP contribution >= 0.6 is 0 Å². The highest BCUT2D eigenvalue weighted by Gasteiger charge is 3.03. The van der Waals surface area contributed by atoms with Crippen LogP contribution in [0.15, 0.2) is 34.4 Å². The van der Waals surface area contributed by atoms with Crippen molar-refractivity contribution >= 4 is 0 Å². The number of rotatable bonds is 0. The van der Waals surface area contributed by atoms with Gasteiger partial charge in [0.1, 0.15) is 0 Å². The van der Waals surface area contributed by atoms with Crippen molar-refractivity contribution in [3.63, 3.8) is 0 Å². The molecule has 258 valence electrons. The third-order valence-corrected chi connectivity index (χ3v) is 17.1. The first-order valence-corrected chi connectivity index (χ1v) is 17.7. The molecule has 0 N–H and O–H groups in total. The summed E-state index contributed by atoms with van der Waals surface area (Å²) < 4.78 is 0. The maximum Gasteiger partial charge on any atom is 0.0661 e. The Labute approximate surface area is 293 Å². The smallest absolute Gasteiger partial charge is 0.0661 e. The molecule has 3 fully saturated rings. The van der Waals surface area contributed by atoms with E-state index in [0.717, 1.165) is 0 Å². The van der Waals surface area contributed by atoms with E-state index in [1.54, 1.807) is 5.57 Å². The molecule has 4 bridgehead atoms. The van der Waals surface area contributed by atoms with E-state index in [2.05, 4.69) is 193 Å². The first-order valence-electron chi connectivity index (χ1n) is 17.7. The Morgan fingerprint density at radius 1 is 0.702 bits per heavy atom. The molecule has 6 atom stereocenters. The van der Waals surface area contributed by atoms with E-state index >= 15 is 0 Å². The van der Waals surface area contributed by atoms with Crippen LogP contribution in [0.5, 0.6) is 0 Å². The monoisotopic (exact) mass is 635 g/mol. The molecule has 5 aliphatic carbocycles. The zero-order valence-corrected chi connectivity index (χ0v) is 34.6. The van der Waals surface area contributed by atoms with E-state index in [0.29, 0.717) is 5.41 Å².